The number of ketones is 2. The molecule has 40 heavy (non-hydrogen) atoms. The fourth-order valence-electron chi connectivity index (χ4n) is 4.90. The molecular formula is C33H31NO5S. The van der Waals surface area contributed by atoms with Crippen LogP contribution in [0.25, 0.3) is 0 Å². The predicted octanol–water partition coefficient (Wildman–Crippen LogP) is 5.93. The molecule has 6 nitrogen and oxygen atoms in total. The monoisotopic (exact) mass is 553 g/mol. The van der Waals surface area contributed by atoms with Gasteiger partial charge >= 0.3 is 0 Å². The van der Waals surface area contributed by atoms with Crippen LogP contribution in [0, 0.1) is 0 Å². The summed E-state index contributed by atoms with van der Waals surface area (Å²) >= 11 is 0. The van der Waals surface area contributed by atoms with E-state index in [1.807, 2.05) is 24.3 Å². The lowest BCUT2D eigenvalue weighted by atomic mass is 9.98. The molecule has 0 atom stereocenters. The highest BCUT2D eigenvalue weighted by Crippen LogP contribution is 2.23. The molecule has 1 heterocycles. The van der Waals surface area contributed by atoms with Gasteiger partial charge in [0.1, 0.15) is 5.75 Å². The second-order valence-corrected chi connectivity index (χ2v) is 12.0. The van der Waals surface area contributed by atoms with E-state index in [0.717, 1.165) is 24.3 Å². The van der Waals surface area contributed by atoms with E-state index < -0.39 is 9.84 Å². The number of anilines is 1. The lowest BCUT2D eigenvalue weighted by molar-refractivity contribution is 0.0992. The third kappa shape index (κ3) is 6.32. The molecule has 1 aliphatic heterocycles. The highest BCUT2D eigenvalue weighted by atomic mass is 32.2. The van der Waals surface area contributed by atoms with Gasteiger partial charge in [0, 0.05) is 41.9 Å². The smallest absolute Gasteiger partial charge is 0.193 e. The summed E-state index contributed by atoms with van der Waals surface area (Å²) in [7, 11) is -2.01. The minimum absolute atomic E-state index is 0.0345. The summed E-state index contributed by atoms with van der Waals surface area (Å²) < 4.78 is 30.6. The zero-order valence-corrected chi connectivity index (χ0v) is 23.2. The molecule has 0 aromatic heterocycles. The van der Waals surface area contributed by atoms with Gasteiger partial charge in [-0.15, -0.1) is 0 Å². The number of sulfone groups is 1. The number of ether oxygens (including phenoxy) is 1. The number of carbonyl (C=O) groups is 2. The number of methoxy groups -OCH3 is 1. The number of carbonyl (C=O) groups excluding carboxylic acids is 2. The topological polar surface area (TPSA) is 80.8 Å². The van der Waals surface area contributed by atoms with E-state index >= 15 is 0 Å². The summed E-state index contributed by atoms with van der Waals surface area (Å²) in [6, 6.07) is 27.8. The van der Waals surface area contributed by atoms with Crippen LogP contribution >= 0.6 is 0 Å². The molecule has 204 valence electrons. The molecule has 1 saturated heterocycles. The zero-order chi connectivity index (χ0) is 28.1. The van der Waals surface area contributed by atoms with Crippen LogP contribution in [0.15, 0.2) is 102 Å². The largest absolute Gasteiger partial charge is 0.497 e. The highest BCUT2D eigenvalue weighted by molar-refractivity contribution is 7.90. The standard InChI is InChI=1S/C33H31NO5S/c1-39-30-16-18-31(19-17-30)40(37,38)23-25-6-10-28(11-7-25)33(36)27-8-4-24(5-9-27)22-32(35)26-12-14-29(15-13-26)34-20-2-3-21-34/h4-19H,2-3,20-23H2,1H3. The number of Topliss-reactive ketones (excluding diaryl/α,β-unsaturated/α-hetero) is 1. The molecule has 0 aliphatic carbocycles. The number of hydrogen-bond donors (Lipinski definition) is 0. The third-order valence-corrected chi connectivity index (χ3v) is 8.94. The molecule has 1 fully saturated rings. The van der Waals surface area contributed by atoms with Gasteiger partial charge in [0.15, 0.2) is 21.4 Å². The molecule has 1 aliphatic rings. The first-order chi connectivity index (χ1) is 19.3. The van der Waals surface area contributed by atoms with Crippen LogP contribution in [0.4, 0.5) is 5.69 Å². The van der Waals surface area contributed by atoms with Crippen molar-refractivity contribution in [2.75, 3.05) is 25.1 Å². The Morgan fingerprint density at radius 2 is 1.23 bits per heavy atom. The van der Waals surface area contributed by atoms with E-state index in [0.29, 0.717) is 28.0 Å². The van der Waals surface area contributed by atoms with E-state index in [9.17, 15) is 18.0 Å². The molecule has 0 saturated carbocycles. The van der Waals surface area contributed by atoms with Crippen molar-refractivity contribution in [2.24, 2.45) is 0 Å². The van der Waals surface area contributed by atoms with E-state index in [1.54, 1.807) is 60.7 Å². The lowest BCUT2D eigenvalue weighted by Gasteiger charge is -2.17. The number of benzene rings is 4. The van der Waals surface area contributed by atoms with Gasteiger partial charge in [-0.3, -0.25) is 9.59 Å². The predicted molar refractivity (Wildman–Crippen MR) is 156 cm³/mol. The van der Waals surface area contributed by atoms with Gasteiger partial charge in [0.2, 0.25) is 0 Å². The zero-order valence-electron chi connectivity index (χ0n) is 22.4. The van der Waals surface area contributed by atoms with Crippen molar-refractivity contribution in [2.45, 2.75) is 29.9 Å². The van der Waals surface area contributed by atoms with Crippen molar-refractivity contribution in [3.63, 3.8) is 0 Å². The third-order valence-electron chi connectivity index (χ3n) is 7.23. The van der Waals surface area contributed by atoms with Crippen LogP contribution in [-0.4, -0.2) is 40.2 Å². The minimum atomic E-state index is -3.53. The highest BCUT2D eigenvalue weighted by Gasteiger charge is 2.17. The van der Waals surface area contributed by atoms with E-state index in [1.165, 1.54) is 32.1 Å². The van der Waals surface area contributed by atoms with Crippen LogP contribution in [0.3, 0.4) is 0 Å². The first-order valence-corrected chi connectivity index (χ1v) is 15.0. The number of hydrogen-bond acceptors (Lipinski definition) is 6. The van der Waals surface area contributed by atoms with Gasteiger partial charge in [-0.1, -0.05) is 48.5 Å². The first kappa shape index (κ1) is 27.3. The van der Waals surface area contributed by atoms with Crippen molar-refractivity contribution < 1.29 is 22.7 Å². The van der Waals surface area contributed by atoms with Crippen LogP contribution in [0.2, 0.25) is 0 Å². The molecule has 0 radical (unpaired) electrons. The first-order valence-electron chi connectivity index (χ1n) is 13.3. The molecule has 0 amide bonds. The molecule has 0 unspecified atom stereocenters. The second kappa shape index (κ2) is 11.9. The summed E-state index contributed by atoms with van der Waals surface area (Å²) in [4.78, 5) is 28.4. The minimum Gasteiger partial charge on any atom is -0.497 e. The molecule has 0 bridgehead atoms. The van der Waals surface area contributed by atoms with Crippen LogP contribution in [0.1, 0.15) is 50.2 Å². The van der Waals surface area contributed by atoms with E-state index in [4.69, 9.17) is 4.74 Å². The Hall–Kier alpha value is -4.23. The van der Waals surface area contributed by atoms with Gasteiger partial charge in [-0.05, 0) is 72.5 Å². The molecule has 0 spiro atoms. The van der Waals surface area contributed by atoms with Crippen molar-refractivity contribution >= 4 is 27.1 Å². The summed E-state index contributed by atoms with van der Waals surface area (Å²) in [5.41, 5.74) is 4.23. The fraction of sp³-hybridized carbons (Fsp3) is 0.212. The summed E-state index contributed by atoms with van der Waals surface area (Å²) in [5.74, 6) is 0.286. The average Bonchev–Trinajstić information content (AvgIpc) is 3.53. The van der Waals surface area contributed by atoms with E-state index in [2.05, 4.69) is 4.90 Å². The van der Waals surface area contributed by atoms with Crippen molar-refractivity contribution in [3.8, 4) is 5.75 Å². The Balaban J connectivity index is 1.19. The van der Waals surface area contributed by atoms with Crippen LogP contribution in [0.5, 0.6) is 5.75 Å². The molecule has 5 rings (SSSR count). The summed E-state index contributed by atoms with van der Waals surface area (Å²) in [5, 5.41) is 0. The molecule has 4 aromatic carbocycles. The Morgan fingerprint density at radius 1 is 0.700 bits per heavy atom. The number of nitrogens with zero attached hydrogens (tertiary/aromatic N) is 1. The normalized spacial score (nSPS) is 13.3. The Labute approximate surface area is 235 Å². The van der Waals surface area contributed by atoms with Crippen LogP contribution in [-0.2, 0) is 22.0 Å². The maximum absolute atomic E-state index is 13.0. The number of rotatable bonds is 10. The van der Waals surface area contributed by atoms with Gasteiger partial charge in [-0.25, -0.2) is 8.42 Å². The molecule has 7 heteroatoms. The SMILES string of the molecule is COc1ccc(S(=O)(=O)Cc2ccc(C(=O)c3ccc(CC(=O)c4ccc(N5CCCC5)cc4)cc3)cc2)cc1. The quantitative estimate of drug-likeness (QED) is 0.227. The second-order valence-electron chi connectivity index (χ2n) is 10.00. The van der Waals surface area contributed by atoms with Gasteiger partial charge in [-0.2, -0.15) is 0 Å². The Morgan fingerprint density at radius 3 is 1.77 bits per heavy atom. The fourth-order valence-corrected chi connectivity index (χ4v) is 6.25. The van der Waals surface area contributed by atoms with Crippen molar-refractivity contribution in [1.82, 2.24) is 0 Å². The molecule has 4 aromatic rings. The molecule has 0 N–H and O–H groups in total. The van der Waals surface area contributed by atoms with Gasteiger partial charge in [0.05, 0.1) is 17.8 Å². The molecular weight excluding hydrogens is 522 g/mol. The lowest BCUT2D eigenvalue weighted by Crippen LogP contribution is -2.17. The van der Waals surface area contributed by atoms with Crippen molar-refractivity contribution in [3.05, 3.63) is 125 Å². The average molecular weight is 554 g/mol. The Bertz CT molecular complexity index is 1590. The Kier molecular flexibility index (Phi) is 8.12. The van der Waals surface area contributed by atoms with Crippen molar-refractivity contribution in [1.29, 1.82) is 0 Å². The van der Waals surface area contributed by atoms with E-state index in [-0.39, 0.29) is 28.6 Å². The summed E-state index contributed by atoms with van der Waals surface area (Å²) in [6.07, 6.45) is 2.68. The van der Waals surface area contributed by atoms with Gasteiger partial charge in [0.25, 0.3) is 0 Å². The van der Waals surface area contributed by atoms with Gasteiger partial charge < -0.3 is 9.64 Å². The summed E-state index contributed by atoms with van der Waals surface area (Å²) in [6.45, 7) is 2.13. The maximum atomic E-state index is 13.0. The van der Waals surface area contributed by atoms with Crippen LogP contribution < -0.4 is 9.64 Å². The maximum Gasteiger partial charge on any atom is 0.193 e.